The van der Waals surface area contributed by atoms with Crippen LogP contribution in [0.1, 0.15) is 6.42 Å². The summed E-state index contributed by atoms with van der Waals surface area (Å²) in [5, 5.41) is 2.80. The highest BCUT2D eigenvalue weighted by Gasteiger charge is 2.11. The summed E-state index contributed by atoms with van der Waals surface area (Å²) in [7, 11) is 1.62. The van der Waals surface area contributed by atoms with Crippen LogP contribution in [0.4, 0.5) is 0 Å². The summed E-state index contributed by atoms with van der Waals surface area (Å²) in [6.45, 7) is 5.43. The van der Waals surface area contributed by atoms with Crippen molar-refractivity contribution in [1.29, 1.82) is 0 Å². The smallest absolute Gasteiger partial charge is 0.221 e. The molecule has 0 aromatic rings. The maximum Gasteiger partial charge on any atom is 0.221 e. The molecule has 0 spiro atoms. The summed E-state index contributed by atoms with van der Waals surface area (Å²) in [4.78, 5) is 13.6. The van der Waals surface area contributed by atoms with Crippen molar-refractivity contribution in [3.05, 3.63) is 0 Å². The highest BCUT2D eigenvalue weighted by Crippen LogP contribution is 1.97. The molecule has 0 saturated carbocycles. The van der Waals surface area contributed by atoms with Gasteiger partial charge in [0, 0.05) is 39.7 Å². The summed E-state index contributed by atoms with van der Waals surface area (Å²) in [6.07, 6.45) is 0.559. The zero-order chi connectivity index (χ0) is 10.9. The molecule has 0 aliphatic carbocycles. The third-order valence-corrected chi connectivity index (χ3v) is 2.39. The molecule has 1 saturated heterocycles. The van der Waals surface area contributed by atoms with Crippen LogP contribution in [-0.4, -0.2) is 63.9 Å². The fourth-order valence-corrected chi connectivity index (χ4v) is 1.47. The Morgan fingerprint density at radius 1 is 1.47 bits per heavy atom. The lowest BCUT2D eigenvalue weighted by Gasteiger charge is -2.26. The van der Waals surface area contributed by atoms with Gasteiger partial charge in [0.15, 0.2) is 0 Å². The zero-order valence-electron chi connectivity index (χ0n) is 9.33. The molecule has 5 heteroatoms. The molecule has 88 valence electrons. The minimum absolute atomic E-state index is 0.0959. The number of morpholine rings is 1. The van der Waals surface area contributed by atoms with Gasteiger partial charge in [-0.05, 0) is 0 Å². The molecule has 1 fully saturated rings. The van der Waals surface area contributed by atoms with Crippen LogP contribution < -0.4 is 5.32 Å². The first kappa shape index (κ1) is 12.4. The van der Waals surface area contributed by atoms with Crippen LogP contribution >= 0.6 is 0 Å². The number of carbonyl (C=O) groups is 1. The Balaban J connectivity index is 2.00. The van der Waals surface area contributed by atoms with E-state index in [1.54, 1.807) is 7.11 Å². The molecule has 1 aliphatic rings. The third kappa shape index (κ3) is 5.71. The van der Waals surface area contributed by atoms with E-state index in [0.717, 1.165) is 32.8 Å². The predicted molar refractivity (Wildman–Crippen MR) is 56.8 cm³/mol. The second-order valence-electron chi connectivity index (χ2n) is 3.55. The lowest BCUT2D eigenvalue weighted by molar-refractivity contribution is -0.121. The van der Waals surface area contributed by atoms with Crippen molar-refractivity contribution in [1.82, 2.24) is 10.2 Å². The summed E-state index contributed by atoms with van der Waals surface area (Å²) >= 11 is 0. The molecule has 1 N–H and O–H groups in total. The Hall–Kier alpha value is -0.650. The van der Waals surface area contributed by atoms with Crippen LogP contribution in [0.2, 0.25) is 0 Å². The average molecular weight is 216 g/mol. The lowest BCUT2D eigenvalue weighted by atomic mass is 10.3. The van der Waals surface area contributed by atoms with Crippen LogP contribution in [0.15, 0.2) is 0 Å². The normalized spacial score (nSPS) is 17.7. The van der Waals surface area contributed by atoms with E-state index in [2.05, 4.69) is 10.2 Å². The molecule has 0 aromatic carbocycles. The molecule has 0 unspecified atom stereocenters. The van der Waals surface area contributed by atoms with Gasteiger partial charge in [-0.2, -0.15) is 0 Å². The van der Waals surface area contributed by atoms with E-state index in [0.29, 0.717) is 19.6 Å². The SMILES string of the molecule is COCCNC(=O)CCN1CCOCC1. The van der Waals surface area contributed by atoms with Gasteiger partial charge in [0.2, 0.25) is 5.91 Å². The minimum Gasteiger partial charge on any atom is -0.383 e. The number of hydrogen-bond acceptors (Lipinski definition) is 4. The van der Waals surface area contributed by atoms with Gasteiger partial charge in [-0.1, -0.05) is 0 Å². The molecule has 1 heterocycles. The zero-order valence-corrected chi connectivity index (χ0v) is 9.33. The Bertz CT molecular complexity index is 182. The van der Waals surface area contributed by atoms with Crippen molar-refractivity contribution in [3.8, 4) is 0 Å². The monoisotopic (exact) mass is 216 g/mol. The van der Waals surface area contributed by atoms with E-state index in [9.17, 15) is 4.79 Å². The van der Waals surface area contributed by atoms with E-state index in [1.807, 2.05) is 0 Å². The molecule has 0 atom stereocenters. The van der Waals surface area contributed by atoms with Crippen molar-refractivity contribution in [2.75, 3.05) is 53.1 Å². The third-order valence-electron chi connectivity index (χ3n) is 2.39. The maximum absolute atomic E-state index is 11.3. The molecule has 15 heavy (non-hydrogen) atoms. The Labute approximate surface area is 90.7 Å². The molecule has 0 aromatic heterocycles. The Morgan fingerprint density at radius 3 is 2.87 bits per heavy atom. The van der Waals surface area contributed by atoms with Crippen LogP contribution in [-0.2, 0) is 14.3 Å². The van der Waals surface area contributed by atoms with Crippen LogP contribution in [0.25, 0.3) is 0 Å². The fourth-order valence-electron chi connectivity index (χ4n) is 1.47. The summed E-state index contributed by atoms with van der Waals surface area (Å²) in [5.74, 6) is 0.0959. The van der Waals surface area contributed by atoms with Crippen molar-refractivity contribution >= 4 is 5.91 Å². The molecular formula is C10H20N2O3. The van der Waals surface area contributed by atoms with Gasteiger partial charge in [-0.15, -0.1) is 0 Å². The lowest BCUT2D eigenvalue weighted by Crippen LogP contribution is -2.39. The van der Waals surface area contributed by atoms with Gasteiger partial charge in [0.1, 0.15) is 0 Å². The van der Waals surface area contributed by atoms with Crippen molar-refractivity contribution in [2.45, 2.75) is 6.42 Å². The van der Waals surface area contributed by atoms with Crippen molar-refractivity contribution in [3.63, 3.8) is 0 Å². The maximum atomic E-state index is 11.3. The first-order valence-corrected chi connectivity index (χ1v) is 5.38. The number of hydrogen-bond donors (Lipinski definition) is 1. The van der Waals surface area contributed by atoms with E-state index >= 15 is 0 Å². The standard InChI is InChI=1S/C10H20N2O3/c1-14-7-3-11-10(13)2-4-12-5-8-15-9-6-12/h2-9H2,1H3,(H,11,13). The van der Waals surface area contributed by atoms with Crippen LogP contribution in [0.5, 0.6) is 0 Å². The second-order valence-corrected chi connectivity index (χ2v) is 3.55. The van der Waals surface area contributed by atoms with Gasteiger partial charge in [0.05, 0.1) is 19.8 Å². The van der Waals surface area contributed by atoms with Crippen LogP contribution in [0, 0.1) is 0 Å². The Kier molecular flexibility index (Phi) is 6.31. The number of rotatable bonds is 6. The predicted octanol–water partition coefficient (Wildman–Crippen LogP) is -0.529. The fraction of sp³-hybridized carbons (Fsp3) is 0.900. The van der Waals surface area contributed by atoms with E-state index in [1.165, 1.54) is 0 Å². The van der Waals surface area contributed by atoms with Gasteiger partial charge in [-0.3, -0.25) is 9.69 Å². The minimum atomic E-state index is 0.0959. The summed E-state index contributed by atoms with van der Waals surface area (Å²) in [6, 6.07) is 0. The van der Waals surface area contributed by atoms with Gasteiger partial charge in [0.25, 0.3) is 0 Å². The second kappa shape index (κ2) is 7.62. The molecule has 0 radical (unpaired) electrons. The molecule has 0 bridgehead atoms. The molecule has 1 amide bonds. The van der Waals surface area contributed by atoms with Gasteiger partial charge in [-0.25, -0.2) is 0 Å². The summed E-state index contributed by atoms with van der Waals surface area (Å²) in [5.41, 5.74) is 0. The first-order chi connectivity index (χ1) is 7.33. The van der Waals surface area contributed by atoms with E-state index in [-0.39, 0.29) is 5.91 Å². The largest absolute Gasteiger partial charge is 0.383 e. The van der Waals surface area contributed by atoms with Crippen molar-refractivity contribution in [2.24, 2.45) is 0 Å². The number of amides is 1. The highest BCUT2D eigenvalue weighted by atomic mass is 16.5. The average Bonchev–Trinajstić information content (AvgIpc) is 2.28. The number of nitrogens with zero attached hydrogens (tertiary/aromatic N) is 1. The molecule has 1 rings (SSSR count). The Morgan fingerprint density at radius 2 is 2.20 bits per heavy atom. The van der Waals surface area contributed by atoms with Crippen LogP contribution in [0.3, 0.4) is 0 Å². The number of nitrogens with one attached hydrogen (secondary N) is 1. The summed E-state index contributed by atoms with van der Waals surface area (Å²) < 4.78 is 10.1. The van der Waals surface area contributed by atoms with E-state index in [4.69, 9.17) is 9.47 Å². The van der Waals surface area contributed by atoms with Gasteiger partial charge >= 0.3 is 0 Å². The molecule has 5 nitrogen and oxygen atoms in total. The number of carbonyl (C=O) groups excluding carboxylic acids is 1. The number of ether oxygens (including phenoxy) is 2. The quantitative estimate of drug-likeness (QED) is 0.607. The number of methoxy groups -OCH3 is 1. The molecular weight excluding hydrogens is 196 g/mol. The van der Waals surface area contributed by atoms with E-state index < -0.39 is 0 Å². The highest BCUT2D eigenvalue weighted by molar-refractivity contribution is 5.76. The topological polar surface area (TPSA) is 50.8 Å². The first-order valence-electron chi connectivity index (χ1n) is 5.38. The molecule has 1 aliphatic heterocycles. The van der Waals surface area contributed by atoms with Crippen molar-refractivity contribution < 1.29 is 14.3 Å². The van der Waals surface area contributed by atoms with Gasteiger partial charge < -0.3 is 14.8 Å².